The molecule has 0 spiro atoms. The molecule has 0 saturated carbocycles. The van der Waals surface area contributed by atoms with E-state index in [2.05, 4.69) is 29.4 Å². The summed E-state index contributed by atoms with van der Waals surface area (Å²) >= 11 is 0. The predicted molar refractivity (Wildman–Crippen MR) is 78.3 cm³/mol. The van der Waals surface area contributed by atoms with Crippen molar-refractivity contribution in [2.45, 2.75) is 33.7 Å². The number of nitrogens with zero attached hydrogens (tertiary/aromatic N) is 4. The second-order valence-electron chi connectivity index (χ2n) is 4.85. The first-order valence-corrected chi connectivity index (χ1v) is 6.95. The lowest BCUT2D eigenvalue weighted by atomic mass is 10.1. The van der Waals surface area contributed by atoms with Gasteiger partial charge in [-0.25, -0.2) is 4.68 Å². The minimum Gasteiger partial charge on any atom is -0.493 e. The van der Waals surface area contributed by atoms with Gasteiger partial charge in [0.05, 0.1) is 12.2 Å². The maximum atomic E-state index is 6.09. The first kappa shape index (κ1) is 14.3. The zero-order chi connectivity index (χ0) is 14.5. The number of tetrazole rings is 1. The molecule has 0 aliphatic heterocycles. The number of aromatic nitrogens is 4. The number of nitrogens with two attached hydrogens (primary N) is 1. The average molecular weight is 275 g/mol. The number of hydrogen-bond donors (Lipinski definition) is 1. The van der Waals surface area contributed by atoms with Gasteiger partial charge < -0.3 is 10.5 Å². The highest BCUT2D eigenvalue weighted by atomic mass is 16.5. The van der Waals surface area contributed by atoms with Crippen LogP contribution in [-0.2, 0) is 6.54 Å². The van der Waals surface area contributed by atoms with Crippen LogP contribution in [0.25, 0.3) is 11.4 Å². The quantitative estimate of drug-likeness (QED) is 0.819. The Morgan fingerprint density at radius 1 is 1.35 bits per heavy atom. The summed E-state index contributed by atoms with van der Waals surface area (Å²) in [6, 6.07) is 5.59. The number of ether oxygens (including phenoxy) is 1. The highest BCUT2D eigenvalue weighted by molar-refractivity contribution is 5.77. The first-order valence-electron chi connectivity index (χ1n) is 6.95. The predicted octanol–water partition coefficient (Wildman–Crippen LogP) is 2.37. The van der Waals surface area contributed by atoms with Gasteiger partial charge in [-0.1, -0.05) is 26.3 Å². The molecule has 20 heavy (non-hydrogen) atoms. The van der Waals surface area contributed by atoms with Gasteiger partial charge in [0, 0.05) is 12.2 Å². The smallest absolute Gasteiger partial charge is 0.187 e. The van der Waals surface area contributed by atoms with Gasteiger partial charge in [0.25, 0.3) is 0 Å². The van der Waals surface area contributed by atoms with Crippen molar-refractivity contribution >= 4 is 5.69 Å². The van der Waals surface area contributed by atoms with E-state index >= 15 is 0 Å². The molecule has 0 saturated heterocycles. The minimum absolute atomic E-state index is 0.498. The number of anilines is 1. The van der Waals surface area contributed by atoms with Crippen LogP contribution in [0.5, 0.6) is 5.75 Å². The van der Waals surface area contributed by atoms with Crippen LogP contribution in [-0.4, -0.2) is 26.8 Å². The van der Waals surface area contributed by atoms with Gasteiger partial charge in [-0.3, -0.25) is 0 Å². The molecule has 0 aliphatic carbocycles. The second kappa shape index (κ2) is 6.36. The molecule has 0 radical (unpaired) electrons. The fourth-order valence-electron chi connectivity index (χ4n) is 1.99. The van der Waals surface area contributed by atoms with Crippen LogP contribution >= 0.6 is 0 Å². The van der Waals surface area contributed by atoms with Crippen LogP contribution < -0.4 is 10.5 Å². The van der Waals surface area contributed by atoms with Crippen molar-refractivity contribution in [1.29, 1.82) is 0 Å². The lowest BCUT2D eigenvalue weighted by Gasteiger charge is -2.14. The van der Waals surface area contributed by atoms with Crippen LogP contribution in [0.3, 0.4) is 0 Å². The third kappa shape index (κ3) is 2.89. The molecular formula is C14H21N5O. The SMILES string of the molecule is CCOc1cccc(N)c1-c1nnnn1CC(C)CC. The number of rotatable bonds is 6. The lowest BCUT2D eigenvalue weighted by Crippen LogP contribution is -2.11. The molecule has 0 fully saturated rings. The van der Waals surface area contributed by atoms with Crippen molar-refractivity contribution < 1.29 is 4.74 Å². The Morgan fingerprint density at radius 3 is 2.85 bits per heavy atom. The van der Waals surface area contributed by atoms with E-state index in [0.717, 1.165) is 18.5 Å². The van der Waals surface area contributed by atoms with E-state index in [9.17, 15) is 0 Å². The van der Waals surface area contributed by atoms with Crippen molar-refractivity contribution in [2.24, 2.45) is 5.92 Å². The van der Waals surface area contributed by atoms with E-state index in [1.54, 1.807) is 4.68 Å². The van der Waals surface area contributed by atoms with Crippen LogP contribution in [0.1, 0.15) is 27.2 Å². The average Bonchev–Trinajstić information content (AvgIpc) is 2.87. The second-order valence-corrected chi connectivity index (χ2v) is 4.85. The van der Waals surface area contributed by atoms with Crippen molar-refractivity contribution in [2.75, 3.05) is 12.3 Å². The van der Waals surface area contributed by atoms with Gasteiger partial charge in [0.15, 0.2) is 5.82 Å². The van der Waals surface area contributed by atoms with Gasteiger partial charge in [-0.15, -0.1) is 5.10 Å². The summed E-state index contributed by atoms with van der Waals surface area (Å²) < 4.78 is 7.43. The summed E-state index contributed by atoms with van der Waals surface area (Å²) in [7, 11) is 0. The Morgan fingerprint density at radius 2 is 2.15 bits per heavy atom. The van der Waals surface area contributed by atoms with E-state index in [1.165, 1.54) is 0 Å². The van der Waals surface area contributed by atoms with Crippen molar-refractivity contribution in [3.8, 4) is 17.1 Å². The Hall–Kier alpha value is -2.11. The molecule has 6 heteroatoms. The van der Waals surface area contributed by atoms with E-state index in [0.29, 0.717) is 29.8 Å². The standard InChI is InChI=1S/C14H21N5O/c1-4-10(3)9-19-14(16-17-18-19)13-11(15)7-6-8-12(13)20-5-2/h6-8,10H,4-5,9,15H2,1-3H3. The van der Waals surface area contributed by atoms with E-state index in [4.69, 9.17) is 10.5 Å². The normalized spacial score (nSPS) is 12.3. The molecule has 0 aliphatic rings. The monoisotopic (exact) mass is 275 g/mol. The minimum atomic E-state index is 0.498. The summed E-state index contributed by atoms with van der Waals surface area (Å²) in [6.07, 6.45) is 1.07. The molecule has 2 aromatic rings. The topological polar surface area (TPSA) is 78.8 Å². The summed E-state index contributed by atoms with van der Waals surface area (Å²) in [5.41, 5.74) is 7.47. The first-order chi connectivity index (χ1) is 9.67. The van der Waals surface area contributed by atoms with Gasteiger partial charge >= 0.3 is 0 Å². The van der Waals surface area contributed by atoms with E-state index in [1.807, 2.05) is 25.1 Å². The molecule has 1 unspecified atom stereocenters. The largest absolute Gasteiger partial charge is 0.493 e. The van der Waals surface area contributed by atoms with Crippen molar-refractivity contribution in [1.82, 2.24) is 20.2 Å². The van der Waals surface area contributed by atoms with Crippen LogP contribution in [0.15, 0.2) is 18.2 Å². The van der Waals surface area contributed by atoms with E-state index in [-0.39, 0.29) is 0 Å². The summed E-state index contributed by atoms with van der Waals surface area (Å²) in [5, 5.41) is 12.0. The molecule has 6 nitrogen and oxygen atoms in total. The van der Waals surface area contributed by atoms with E-state index < -0.39 is 0 Å². The zero-order valence-corrected chi connectivity index (χ0v) is 12.2. The Balaban J connectivity index is 2.44. The molecule has 1 aromatic heterocycles. The van der Waals surface area contributed by atoms with Gasteiger partial charge in [0.1, 0.15) is 5.75 Å². The van der Waals surface area contributed by atoms with Crippen molar-refractivity contribution in [3.05, 3.63) is 18.2 Å². The molecule has 0 amide bonds. The Labute approximate surface area is 118 Å². The molecule has 2 rings (SSSR count). The van der Waals surface area contributed by atoms with Gasteiger partial charge in [-0.05, 0) is 35.4 Å². The highest BCUT2D eigenvalue weighted by Crippen LogP contribution is 2.33. The third-order valence-electron chi connectivity index (χ3n) is 3.30. The Bertz CT molecular complexity index is 566. The molecule has 108 valence electrons. The molecular weight excluding hydrogens is 254 g/mol. The number of nitrogen functional groups attached to an aromatic ring is 1. The summed E-state index contributed by atoms with van der Waals surface area (Å²) in [6.45, 7) is 7.59. The lowest BCUT2D eigenvalue weighted by molar-refractivity contribution is 0.341. The third-order valence-corrected chi connectivity index (χ3v) is 3.30. The zero-order valence-electron chi connectivity index (χ0n) is 12.2. The molecule has 2 N–H and O–H groups in total. The Kier molecular flexibility index (Phi) is 4.55. The number of hydrogen-bond acceptors (Lipinski definition) is 5. The highest BCUT2D eigenvalue weighted by Gasteiger charge is 2.18. The van der Waals surface area contributed by atoms with Crippen molar-refractivity contribution in [3.63, 3.8) is 0 Å². The molecule has 1 aromatic carbocycles. The summed E-state index contributed by atoms with van der Waals surface area (Å²) in [5.74, 6) is 1.87. The fraction of sp³-hybridized carbons (Fsp3) is 0.500. The van der Waals surface area contributed by atoms with Gasteiger partial charge in [-0.2, -0.15) is 0 Å². The fourth-order valence-corrected chi connectivity index (χ4v) is 1.99. The maximum Gasteiger partial charge on any atom is 0.187 e. The molecule has 1 heterocycles. The molecule has 0 bridgehead atoms. The summed E-state index contributed by atoms with van der Waals surface area (Å²) in [4.78, 5) is 0. The van der Waals surface area contributed by atoms with Crippen LogP contribution in [0.2, 0.25) is 0 Å². The molecule has 1 atom stereocenters. The number of benzene rings is 1. The van der Waals surface area contributed by atoms with Gasteiger partial charge in [0.2, 0.25) is 0 Å². The maximum absolute atomic E-state index is 6.09. The van der Waals surface area contributed by atoms with Crippen LogP contribution in [0.4, 0.5) is 5.69 Å². The van der Waals surface area contributed by atoms with Crippen LogP contribution in [0, 0.1) is 5.92 Å².